The fourth-order valence-electron chi connectivity index (χ4n) is 11.5. The molecular formula is C70H78N4O7S2. The van der Waals surface area contributed by atoms with E-state index in [4.69, 9.17) is 0 Å². The van der Waals surface area contributed by atoms with Gasteiger partial charge in [-0.25, -0.2) is 25.4 Å². The van der Waals surface area contributed by atoms with Gasteiger partial charge in [-0.3, -0.25) is 9.59 Å². The number of hydrogen-bond donors (Lipinski definition) is 2. The van der Waals surface area contributed by atoms with Gasteiger partial charge in [0.15, 0.2) is 0 Å². The molecule has 10 rings (SSSR count). The van der Waals surface area contributed by atoms with E-state index in [2.05, 4.69) is 71.3 Å². The second kappa shape index (κ2) is 30.7. The van der Waals surface area contributed by atoms with E-state index in [1.54, 1.807) is 60.7 Å². The van der Waals surface area contributed by atoms with Crippen LogP contribution in [0.4, 0.5) is 0 Å². The van der Waals surface area contributed by atoms with E-state index in [9.17, 15) is 26.4 Å². The minimum atomic E-state index is -4.07. The van der Waals surface area contributed by atoms with Crippen molar-refractivity contribution in [3.63, 3.8) is 0 Å². The van der Waals surface area contributed by atoms with Crippen molar-refractivity contribution in [2.75, 3.05) is 0 Å². The number of hydrogen-bond acceptors (Lipinski definition) is 8. The molecule has 432 valence electrons. The highest BCUT2D eigenvalue weighted by atomic mass is 32.2. The van der Waals surface area contributed by atoms with Crippen LogP contribution in [0, 0.1) is 0 Å². The predicted molar refractivity (Wildman–Crippen MR) is 331 cm³/mol. The van der Waals surface area contributed by atoms with Crippen molar-refractivity contribution in [2.24, 2.45) is 0 Å². The maximum atomic E-state index is 14.3. The number of rotatable bonds is 24. The van der Waals surface area contributed by atoms with Crippen molar-refractivity contribution < 1.29 is 31.9 Å². The van der Waals surface area contributed by atoms with Crippen LogP contribution < -0.4 is 10.6 Å². The molecule has 0 saturated heterocycles. The Balaban J connectivity index is 0.000000214. The predicted octanol–water partition coefficient (Wildman–Crippen LogP) is 11.8. The van der Waals surface area contributed by atoms with Gasteiger partial charge in [-0.15, -0.1) is 0 Å². The zero-order valence-electron chi connectivity index (χ0n) is 47.2. The Hall–Kier alpha value is -7.52. The molecule has 8 aromatic carbocycles. The maximum absolute atomic E-state index is 14.3. The molecule has 83 heavy (non-hydrogen) atoms. The van der Waals surface area contributed by atoms with Crippen molar-refractivity contribution in [1.29, 1.82) is 0 Å². The van der Waals surface area contributed by atoms with Gasteiger partial charge in [0, 0.05) is 25.2 Å². The molecule has 0 bridgehead atoms. The minimum Gasteiger partial charge on any atom is -0.412 e. The van der Waals surface area contributed by atoms with Crippen molar-refractivity contribution in [3.05, 3.63) is 275 Å². The highest BCUT2D eigenvalue weighted by Gasteiger charge is 2.41. The highest BCUT2D eigenvalue weighted by molar-refractivity contribution is 7.90. The standard InChI is InChI=1S/2C35H38N2O3S.H2O/c2*38-35(34-26-30-20-10-11-21-31(30)27-36-34)37(41(39,40)33-24-8-3-9-25-33)32(22-12-18-28-14-4-1-5-15-28)23-13-19-29-16-6-2-7-17-29;/h2*1-11,14-17,20-21,24-25,32,34,36H,12-13,18-19,22-23,26-27H2;1H2/t2*34-;/m00./s1. The number of amides is 2. The number of nitrogens with one attached hydrogen (secondary N) is 2. The average molecular weight is 1150 g/mol. The van der Waals surface area contributed by atoms with Crippen LogP contribution in [0.1, 0.15) is 95.9 Å². The van der Waals surface area contributed by atoms with Crippen LogP contribution >= 0.6 is 0 Å². The van der Waals surface area contributed by atoms with Crippen molar-refractivity contribution >= 4 is 31.9 Å². The SMILES string of the molecule is O.O=C([C@@H]1Cc2ccccc2CN1)N(C(CCCc1ccccc1)CCCc1ccccc1)S(=O)(=O)c1ccccc1.O=C([C@@H]1Cc2ccccc2CN1)N(C(CCCc1ccccc1)CCCc1ccccc1)S(=O)(=O)c1ccccc1. The molecule has 13 heteroatoms. The lowest BCUT2D eigenvalue weighted by Gasteiger charge is -2.35. The van der Waals surface area contributed by atoms with Crippen LogP contribution in [0.15, 0.2) is 240 Å². The van der Waals surface area contributed by atoms with E-state index in [1.807, 2.05) is 109 Å². The molecular weight excluding hydrogens is 1070 g/mol. The lowest BCUT2D eigenvalue weighted by atomic mass is 9.94. The largest absolute Gasteiger partial charge is 0.412 e. The third-order valence-electron chi connectivity index (χ3n) is 15.8. The molecule has 4 N–H and O–H groups in total. The van der Waals surface area contributed by atoms with Gasteiger partial charge < -0.3 is 16.1 Å². The topological polar surface area (TPSA) is 164 Å². The van der Waals surface area contributed by atoms with E-state index < -0.39 is 44.2 Å². The van der Waals surface area contributed by atoms with E-state index in [1.165, 1.54) is 30.9 Å². The fourth-order valence-corrected chi connectivity index (χ4v) is 14.9. The molecule has 0 spiro atoms. The van der Waals surface area contributed by atoms with Crippen LogP contribution in [0.5, 0.6) is 0 Å². The summed E-state index contributed by atoms with van der Waals surface area (Å²) in [7, 11) is -8.15. The first-order valence-corrected chi connectivity index (χ1v) is 32.0. The summed E-state index contributed by atoms with van der Waals surface area (Å²) in [4.78, 5) is 28.9. The Labute approximate surface area is 492 Å². The van der Waals surface area contributed by atoms with Crippen molar-refractivity contribution in [1.82, 2.24) is 19.2 Å². The van der Waals surface area contributed by atoms with E-state index in [0.717, 1.165) is 73.6 Å². The minimum absolute atomic E-state index is 0. The Bertz CT molecular complexity index is 3160. The van der Waals surface area contributed by atoms with Gasteiger partial charge in [0.05, 0.1) is 21.9 Å². The first-order valence-electron chi connectivity index (χ1n) is 29.1. The highest BCUT2D eigenvalue weighted by Crippen LogP contribution is 2.30. The van der Waals surface area contributed by atoms with Gasteiger partial charge >= 0.3 is 0 Å². The fraction of sp³-hybridized carbons (Fsp3) is 0.286. The first-order chi connectivity index (χ1) is 40.0. The van der Waals surface area contributed by atoms with E-state index in [0.29, 0.717) is 51.6 Å². The smallest absolute Gasteiger partial charge is 0.266 e. The van der Waals surface area contributed by atoms with Gasteiger partial charge in [-0.1, -0.05) is 206 Å². The number of aryl methyl sites for hydroxylation is 4. The summed E-state index contributed by atoms with van der Waals surface area (Å²) >= 11 is 0. The van der Waals surface area contributed by atoms with E-state index in [-0.39, 0.29) is 27.1 Å². The zero-order chi connectivity index (χ0) is 57.0. The maximum Gasteiger partial charge on any atom is 0.266 e. The third kappa shape index (κ3) is 16.8. The van der Waals surface area contributed by atoms with Crippen LogP contribution in [0.2, 0.25) is 0 Å². The summed E-state index contributed by atoms with van der Waals surface area (Å²) in [5, 5.41) is 6.68. The molecule has 8 aromatic rings. The second-order valence-electron chi connectivity index (χ2n) is 21.5. The summed E-state index contributed by atoms with van der Waals surface area (Å²) < 4.78 is 59.5. The van der Waals surface area contributed by atoms with Gasteiger partial charge in [0.2, 0.25) is 0 Å². The molecule has 2 heterocycles. The van der Waals surface area contributed by atoms with Gasteiger partial charge in [-0.05, 0) is 159 Å². The van der Waals surface area contributed by atoms with Crippen molar-refractivity contribution in [3.8, 4) is 0 Å². The Morgan fingerprint density at radius 3 is 0.880 bits per heavy atom. The Kier molecular flexibility index (Phi) is 22.8. The normalized spacial score (nSPS) is 14.7. The first kappa shape index (κ1) is 61.5. The summed E-state index contributed by atoms with van der Waals surface area (Å²) in [5.41, 5.74) is 9.33. The molecule has 2 aliphatic heterocycles. The number of sulfonamides is 2. The van der Waals surface area contributed by atoms with Gasteiger partial charge in [0.25, 0.3) is 31.9 Å². The number of carbonyl (C=O) groups is 2. The summed E-state index contributed by atoms with van der Waals surface area (Å²) in [6.07, 6.45) is 9.82. The quantitative estimate of drug-likeness (QED) is 0.0604. The van der Waals surface area contributed by atoms with Gasteiger partial charge in [0.1, 0.15) is 0 Å². The molecule has 2 aliphatic rings. The second-order valence-corrected chi connectivity index (χ2v) is 25.2. The lowest BCUT2D eigenvalue weighted by molar-refractivity contribution is -0.131. The third-order valence-corrected chi connectivity index (χ3v) is 19.6. The number of fused-ring (bicyclic) bond motifs is 2. The molecule has 0 fully saturated rings. The molecule has 0 aromatic heterocycles. The van der Waals surface area contributed by atoms with Gasteiger partial charge in [-0.2, -0.15) is 0 Å². The molecule has 11 nitrogen and oxygen atoms in total. The monoisotopic (exact) mass is 1150 g/mol. The molecule has 2 amide bonds. The van der Waals surface area contributed by atoms with E-state index >= 15 is 0 Å². The Morgan fingerprint density at radius 2 is 0.602 bits per heavy atom. The lowest BCUT2D eigenvalue weighted by Crippen LogP contribution is -2.54. The number of nitrogens with zero attached hydrogens (tertiary/aromatic N) is 2. The average Bonchev–Trinajstić information content (AvgIpc) is 3.31. The molecule has 2 atom stereocenters. The molecule has 0 unspecified atom stereocenters. The summed E-state index contributed by atoms with van der Waals surface area (Å²) in [6, 6.07) is 71.7. The molecule has 0 aliphatic carbocycles. The van der Waals surface area contributed by atoms with Crippen LogP contribution in [-0.2, 0) is 81.3 Å². The molecule has 0 radical (unpaired) electrons. The molecule has 0 saturated carbocycles. The summed E-state index contributed by atoms with van der Waals surface area (Å²) in [5.74, 6) is -0.736. The van der Waals surface area contributed by atoms with Crippen LogP contribution in [0.3, 0.4) is 0 Å². The summed E-state index contributed by atoms with van der Waals surface area (Å²) in [6.45, 7) is 1.08. The number of carbonyl (C=O) groups excluding carboxylic acids is 2. The van der Waals surface area contributed by atoms with Crippen molar-refractivity contribution in [2.45, 2.75) is 137 Å². The zero-order valence-corrected chi connectivity index (χ0v) is 48.9. The van der Waals surface area contributed by atoms with Crippen LogP contribution in [0.25, 0.3) is 0 Å². The van der Waals surface area contributed by atoms with Crippen LogP contribution in [-0.4, -0.2) is 66.9 Å². The number of benzene rings is 8. The Morgan fingerprint density at radius 1 is 0.361 bits per heavy atom.